The molecule has 3 aromatic heterocycles. The summed E-state index contributed by atoms with van der Waals surface area (Å²) in [5.74, 6) is 1.71. The fourth-order valence-corrected chi connectivity index (χ4v) is 3.82. The molecule has 0 aliphatic carbocycles. The maximum absolute atomic E-state index is 12.7. The molecule has 0 saturated heterocycles. The van der Waals surface area contributed by atoms with E-state index in [9.17, 15) is 9.59 Å². The van der Waals surface area contributed by atoms with Crippen molar-refractivity contribution >= 4 is 29.4 Å². The molecular formula is C29H32ClN5O3. The number of hydrogen-bond acceptors (Lipinski definition) is 7. The lowest BCUT2D eigenvalue weighted by Crippen LogP contribution is -2.25. The first-order chi connectivity index (χ1) is 18.3. The van der Waals surface area contributed by atoms with Gasteiger partial charge in [-0.15, -0.1) is 0 Å². The number of nitrogens with zero attached hydrogens (tertiary/aromatic N) is 3. The van der Waals surface area contributed by atoms with Crippen LogP contribution in [0.1, 0.15) is 41.2 Å². The van der Waals surface area contributed by atoms with Gasteiger partial charge < -0.3 is 19.9 Å². The molecule has 9 heteroatoms. The lowest BCUT2D eigenvalue weighted by molar-refractivity contribution is 0.112. The summed E-state index contributed by atoms with van der Waals surface area (Å²) in [6, 6.07) is 20.1. The molecule has 0 radical (unpaired) electrons. The van der Waals surface area contributed by atoms with Gasteiger partial charge in [0.05, 0.1) is 29.6 Å². The van der Waals surface area contributed by atoms with E-state index in [2.05, 4.69) is 20.6 Å². The highest BCUT2D eigenvalue weighted by Gasteiger charge is 2.13. The maximum Gasteiger partial charge on any atom is 0.253 e. The second kappa shape index (κ2) is 13.9. The Balaban J connectivity index is 0.000000427. The molecule has 38 heavy (non-hydrogen) atoms. The van der Waals surface area contributed by atoms with Crippen LogP contribution in [0.25, 0.3) is 0 Å². The summed E-state index contributed by atoms with van der Waals surface area (Å²) in [6.07, 6.45) is 2.63. The number of ether oxygens (including phenoxy) is 1. The highest BCUT2D eigenvalue weighted by Crippen LogP contribution is 2.19. The van der Waals surface area contributed by atoms with Gasteiger partial charge in [-0.2, -0.15) is 0 Å². The second-order valence-corrected chi connectivity index (χ2v) is 9.07. The van der Waals surface area contributed by atoms with Crippen LogP contribution < -0.4 is 20.9 Å². The number of halogens is 1. The Morgan fingerprint density at radius 1 is 1.08 bits per heavy atom. The zero-order chi connectivity index (χ0) is 27.5. The molecule has 0 saturated carbocycles. The van der Waals surface area contributed by atoms with Gasteiger partial charge in [0.25, 0.3) is 5.56 Å². The van der Waals surface area contributed by atoms with Crippen molar-refractivity contribution in [3.05, 3.63) is 111 Å². The normalized spacial score (nSPS) is 10.4. The number of pyridine rings is 3. The first-order valence-electron chi connectivity index (χ1n) is 12.2. The van der Waals surface area contributed by atoms with Crippen molar-refractivity contribution < 1.29 is 9.53 Å². The molecule has 0 bridgehead atoms. The van der Waals surface area contributed by atoms with E-state index in [4.69, 9.17) is 16.3 Å². The number of rotatable bonds is 9. The Kier molecular flexibility index (Phi) is 10.4. The van der Waals surface area contributed by atoms with Gasteiger partial charge in [0.2, 0.25) is 0 Å². The molecule has 8 nitrogen and oxygen atoms in total. The van der Waals surface area contributed by atoms with Gasteiger partial charge in [0.15, 0.2) is 6.29 Å². The third-order valence-corrected chi connectivity index (χ3v) is 5.74. The van der Waals surface area contributed by atoms with Crippen LogP contribution in [-0.4, -0.2) is 34.0 Å². The number of benzene rings is 1. The summed E-state index contributed by atoms with van der Waals surface area (Å²) in [4.78, 5) is 32.7. The van der Waals surface area contributed by atoms with E-state index in [-0.39, 0.29) is 18.2 Å². The number of aromatic nitrogens is 3. The zero-order valence-corrected chi connectivity index (χ0v) is 22.7. The number of anilines is 2. The topological polar surface area (TPSA) is 98.1 Å². The minimum absolute atomic E-state index is 0.112. The maximum atomic E-state index is 12.7. The monoisotopic (exact) mass is 533 g/mol. The van der Waals surface area contributed by atoms with Crippen molar-refractivity contribution in [3.8, 4) is 5.75 Å². The van der Waals surface area contributed by atoms with Crippen LogP contribution in [0.15, 0.2) is 77.7 Å². The van der Waals surface area contributed by atoms with E-state index in [0.29, 0.717) is 34.3 Å². The Hall–Kier alpha value is -4.17. The smallest absolute Gasteiger partial charge is 0.253 e. The van der Waals surface area contributed by atoms with Gasteiger partial charge in [-0.25, -0.2) is 9.97 Å². The van der Waals surface area contributed by atoms with Crippen molar-refractivity contribution in [2.45, 2.75) is 40.0 Å². The average molecular weight is 534 g/mol. The van der Waals surface area contributed by atoms with E-state index in [1.165, 1.54) is 10.6 Å². The molecule has 0 fully saturated rings. The first-order valence-corrected chi connectivity index (χ1v) is 12.6. The van der Waals surface area contributed by atoms with E-state index in [1.807, 2.05) is 63.4 Å². The Morgan fingerprint density at radius 2 is 1.84 bits per heavy atom. The summed E-state index contributed by atoms with van der Waals surface area (Å²) in [6.45, 7) is 6.41. The first kappa shape index (κ1) is 28.4. The summed E-state index contributed by atoms with van der Waals surface area (Å²) < 4.78 is 7.16. The Bertz CT molecular complexity index is 1390. The molecule has 4 aromatic rings. The second-order valence-electron chi connectivity index (χ2n) is 8.68. The SMILES string of the molecule is CNc1ccccn1.Cc1c(C=O)c(NCc2ccc(OC(C)C)cc2)cc(=O)n1Cc1cccc(Cl)n1. The molecule has 0 aliphatic rings. The van der Waals surface area contributed by atoms with Crippen LogP contribution in [0.3, 0.4) is 0 Å². The quantitative estimate of drug-likeness (QED) is 0.214. The molecule has 1 aromatic carbocycles. The summed E-state index contributed by atoms with van der Waals surface area (Å²) in [7, 11) is 1.85. The molecule has 2 N–H and O–H groups in total. The van der Waals surface area contributed by atoms with Crippen molar-refractivity contribution in [2.75, 3.05) is 17.7 Å². The highest BCUT2D eigenvalue weighted by molar-refractivity contribution is 6.29. The van der Waals surface area contributed by atoms with E-state index in [1.54, 1.807) is 31.3 Å². The fraction of sp³-hybridized carbons (Fsp3) is 0.241. The number of carbonyl (C=O) groups is 1. The van der Waals surface area contributed by atoms with Crippen molar-refractivity contribution in [3.63, 3.8) is 0 Å². The predicted molar refractivity (Wildman–Crippen MR) is 152 cm³/mol. The van der Waals surface area contributed by atoms with Crippen molar-refractivity contribution in [1.82, 2.24) is 14.5 Å². The van der Waals surface area contributed by atoms with Gasteiger partial charge in [0, 0.05) is 31.5 Å². The van der Waals surface area contributed by atoms with Crippen molar-refractivity contribution in [2.24, 2.45) is 0 Å². The molecule has 0 aliphatic heterocycles. The Labute approximate surface area is 227 Å². The zero-order valence-electron chi connectivity index (χ0n) is 21.9. The fourth-order valence-electron chi connectivity index (χ4n) is 3.64. The number of aldehydes is 1. The third-order valence-electron chi connectivity index (χ3n) is 5.53. The minimum atomic E-state index is -0.219. The third kappa shape index (κ3) is 8.18. The lowest BCUT2D eigenvalue weighted by atomic mass is 10.1. The molecule has 0 unspecified atom stereocenters. The molecule has 0 atom stereocenters. The number of nitrogens with one attached hydrogen (secondary N) is 2. The summed E-state index contributed by atoms with van der Waals surface area (Å²) in [5, 5.41) is 6.47. The van der Waals surface area contributed by atoms with E-state index >= 15 is 0 Å². The molecule has 0 spiro atoms. The largest absolute Gasteiger partial charge is 0.491 e. The molecule has 0 amide bonds. The van der Waals surface area contributed by atoms with Crippen LogP contribution in [0, 0.1) is 6.92 Å². The van der Waals surface area contributed by atoms with Gasteiger partial charge in [-0.1, -0.05) is 35.9 Å². The highest BCUT2D eigenvalue weighted by atomic mass is 35.5. The summed E-state index contributed by atoms with van der Waals surface area (Å²) >= 11 is 5.94. The average Bonchev–Trinajstić information content (AvgIpc) is 2.91. The minimum Gasteiger partial charge on any atom is -0.491 e. The van der Waals surface area contributed by atoms with E-state index < -0.39 is 0 Å². The molecular weight excluding hydrogens is 502 g/mol. The summed E-state index contributed by atoms with van der Waals surface area (Å²) in [5.41, 5.74) is 2.95. The van der Waals surface area contributed by atoms with Crippen LogP contribution >= 0.6 is 11.6 Å². The van der Waals surface area contributed by atoms with Gasteiger partial charge in [-0.05, 0) is 62.7 Å². The van der Waals surface area contributed by atoms with Crippen LogP contribution in [-0.2, 0) is 13.1 Å². The lowest BCUT2D eigenvalue weighted by Gasteiger charge is -2.16. The van der Waals surface area contributed by atoms with Crippen LogP contribution in [0.5, 0.6) is 5.75 Å². The number of carbonyl (C=O) groups excluding carboxylic acids is 1. The predicted octanol–water partition coefficient (Wildman–Crippen LogP) is 5.59. The molecule has 3 heterocycles. The standard InChI is InChI=1S/C23H24ClN3O3.C6H8N2/c1-15(2)30-19-9-7-17(8-10-19)12-25-21-11-23(29)27(16(3)20(21)14-28)13-18-5-4-6-22(24)26-18;1-7-6-4-2-3-5-8-6/h4-11,14-15,25H,12-13H2,1-3H3;2-5H,1H3,(H,7,8). The van der Waals surface area contributed by atoms with Crippen molar-refractivity contribution in [1.29, 1.82) is 0 Å². The van der Waals surface area contributed by atoms with Gasteiger partial charge in [0.1, 0.15) is 16.7 Å². The van der Waals surface area contributed by atoms with Crippen LogP contribution in [0.2, 0.25) is 5.15 Å². The van der Waals surface area contributed by atoms with Gasteiger partial charge >= 0.3 is 0 Å². The van der Waals surface area contributed by atoms with Gasteiger partial charge in [-0.3, -0.25) is 9.59 Å². The van der Waals surface area contributed by atoms with E-state index in [0.717, 1.165) is 23.4 Å². The molecule has 4 rings (SSSR count). The molecule has 198 valence electrons. The Morgan fingerprint density at radius 3 is 2.42 bits per heavy atom. The van der Waals surface area contributed by atoms with Crippen LogP contribution in [0.4, 0.5) is 11.5 Å². The number of hydrogen-bond donors (Lipinski definition) is 2.